The fourth-order valence-corrected chi connectivity index (χ4v) is 5.08. The largest absolute Gasteiger partial charge is 0.389 e. The fourth-order valence-electron chi connectivity index (χ4n) is 3.94. The molecule has 0 aliphatic carbocycles. The highest BCUT2D eigenvalue weighted by molar-refractivity contribution is 7.26. The number of alkyl halides is 2. The van der Waals surface area contributed by atoms with Gasteiger partial charge in [-0.3, -0.25) is 0 Å². The first kappa shape index (κ1) is 21.2. The van der Waals surface area contributed by atoms with E-state index >= 15 is 0 Å². The predicted molar refractivity (Wildman–Crippen MR) is 124 cm³/mol. The molecule has 10 nitrogen and oxygen atoms in total. The molecular weight excluding hydrogens is 478 g/mol. The molecule has 174 valence electrons. The van der Waals surface area contributed by atoms with Crippen LogP contribution in [0.3, 0.4) is 0 Å². The summed E-state index contributed by atoms with van der Waals surface area (Å²) in [5.74, 6) is 0.272. The summed E-state index contributed by atoms with van der Waals surface area (Å²) in [5.41, 5.74) is 2.28. The van der Waals surface area contributed by atoms with E-state index in [1.54, 1.807) is 0 Å². The van der Waals surface area contributed by atoms with E-state index in [0.29, 0.717) is 50.4 Å². The van der Waals surface area contributed by atoms with E-state index in [0.717, 1.165) is 5.56 Å². The summed E-state index contributed by atoms with van der Waals surface area (Å²) in [6.07, 6.45) is 0.736. The standard InChI is InChI=1S/C22H14F2N8O2S/c23-20(24)14-10-13(12-4-2-1-3-5-12)17-18-19(35-22(17)26-14)21-27-15(28-31(21)11-25-18)6-8-30-9-7-16(29-30)32(33)34/h1-5,7,9-11,20H,6,8H2. The topological polar surface area (TPSA) is 117 Å². The third-order valence-corrected chi connectivity index (χ3v) is 6.59. The zero-order chi connectivity index (χ0) is 24.1. The van der Waals surface area contributed by atoms with Gasteiger partial charge in [-0.2, -0.15) is 4.68 Å². The van der Waals surface area contributed by atoms with E-state index in [2.05, 4.69) is 25.1 Å². The summed E-state index contributed by atoms with van der Waals surface area (Å²) in [4.78, 5) is 24.1. The second kappa shape index (κ2) is 8.13. The monoisotopic (exact) mass is 492 g/mol. The highest BCUT2D eigenvalue weighted by Gasteiger charge is 2.21. The van der Waals surface area contributed by atoms with Crippen LogP contribution in [0.1, 0.15) is 17.9 Å². The Morgan fingerprint density at radius 3 is 2.69 bits per heavy atom. The molecule has 0 amide bonds. The molecule has 0 unspecified atom stereocenters. The summed E-state index contributed by atoms with van der Waals surface area (Å²) in [6.45, 7) is 0.352. The van der Waals surface area contributed by atoms with Crippen LogP contribution in [0.25, 0.3) is 37.2 Å². The summed E-state index contributed by atoms with van der Waals surface area (Å²) >= 11 is 1.24. The van der Waals surface area contributed by atoms with Crippen LogP contribution in [0.4, 0.5) is 14.6 Å². The van der Waals surface area contributed by atoms with Crippen molar-refractivity contribution in [2.45, 2.75) is 19.4 Å². The van der Waals surface area contributed by atoms with Crippen LogP contribution in [0.5, 0.6) is 0 Å². The number of nitro groups is 1. The number of pyridine rings is 1. The number of rotatable bonds is 6. The minimum atomic E-state index is -2.71. The molecule has 0 spiro atoms. The van der Waals surface area contributed by atoms with Crippen LogP contribution in [0.15, 0.2) is 55.0 Å². The molecule has 0 N–H and O–H groups in total. The number of hydrogen-bond donors (Lipinski definition) is 0. The van der Waals surface area contributed by atoms with Crippen LogP contribution in [0.2, 0.25) is 0 Å². The minimum absolute atomic E-state index is 0.228. The van der Waals surface area contributed by atoms with Crippen molar-refractivity contribution in [1.82, 2.24) is 34.3 Å². The molecule has 6 aromatic rings. The third kappa shape index (κ3) is 3.65. The van der Waals surface area contributed by atoms with Gasteiger partial charge in [-0.15, -0.1) is 16.4 Å². The lowest BCUT2D eigenvalue weighted by atomic mass is 10.0. The molecule has 0 fully saturated rings. The van der Waals surface area contributed by atoms with Gasteiger partial charge in [0.1, 0.15) is 21.6 Å². The molecule has 0 atom stereocenters. The van der Waals surface area contributed by atoms with Gasteiger partial charge in [-0.25, -0.2) is 28.2 Å². The highest BCUT2D eigenvalue weighted by atomic mass is 32.1. The second-order valence-corrected chi connectivity index (χ2v) is 8.71. The smallest absolute Gasteiger partial charge is 0.358 e. The van der Waals surface area contributed by atoms with Crippen LogP contribution in [-0.2, 0) is 13.0 Å². The molecule has 0 bridgehead atoms. The summed E-state index contributed by atoms with van der Waals surface area (Å²) < 4.78 is 30.9. The van der Waals surface area contributed by atoms with Crippen molar-refractivity contribution in [1.29, 1.82) is 0 Å². The first-order valence-electron chi connectivity index (χ1n) is 10.5. The quantitative estimate of drug-likeness (QED) is 0.241. The van der Waals surface area contributed by atoms with Gasteiger partial charge in [0.25, 0.3) is 6.43 Å². The number of fused-ring (bicyclic) bond motifs is 5. The van der Waals surface area contributed by atoms with Crippen molar-refractivity contribution in [3.05, 3.63) is 76.6 Å². The minimum Gasteiger partial charge on any atom is -0.358 e. The van der Waals surface area contributed by atoms with Gasteiger partial charge in [0.2, 0.25) is 0 Å². The molecule has 35 heavy (non-hydrogen) atoms. The predicted octanol–water partition coefficient (Wildman–Crippen LogP) is 4.84. The van der Waals surface area contributed by atoms with Crippen molar-refractivity contribution in [2.24, 2.45) is 0 Å². The molecule has 0 saturated heterocycles. The Balaban J connectivity index is 1.46. The molecule has 6 rings (SSSR count). The van der Waals surface area contributed by atoms with Gasteiger partial charge in [0.05, 0.1) is 29.4 Å². The highest BCUT2D eigenvalue weighted by Crippen LogP contribution is 2.40. The Hall–Kier alpha value is -4.39. The van der Waals surface area contributed by atoms with E-state index in [4.69, 9.17) is 0 Å². The molecule has 0 aliphatic heterocycles. The molecule has 0 radical (unpaired) electrons. The molecule has 5 aromatic heterocycles. The van der Waals surface area contributed by atoms with E-state index < -0.39 is 11.3 Å². The Bertz CT molecular complexity index is 1730. The first-order chi connectivity index (χ1) is 17.0. The normalized spacial score (nSPS) is 11.9. The number of hydrogen-bond acceptors (Lipinski definition) is 8. The maximum absolute atomic E-state index is 13.6. The maximum Gasteiger partial charge on any atom is 0.389 e. The Morgan fingerprint density at radius 1 is 1.11 bits per heavy atom. The fraction of sp³-hybridized carbons (Fsp3) is 0.136. The van der Waals surface area contributed by atoms with Crippen LogP contribution in [-0.4, -0.2) is 39.3 Å². The van der Waals surface area contributed by atoms with Crippen molar-refractivity contribution in [3.63, 3.8) is 0 Å². The molecule has 0 aliphatic rings. The van der Waals surface area contributed by atoms with Gasteiger partial charge in [0.15, 0.2) is 11.5 Å². The summed E-state index contributed by atoms with van der Waals surface area (Å²) in [6, 6.07) is 12.0. The van der Waals surface area contributed by atoms with Crippen molar-refractivity contribution < 1.29 is 13.7 Å². The van der Waals surface area contributed by atoms with Crippen LogP contribution < -0.4 is 0 Å². The van der Waals surface area contributed by atoms with Crippen molar-refractivity contribution in [2.75, 3.05) is 0 Å². The zero-order valence-corrected chi connectivity index (χ0v) is 18.6. The number of nitrogens with zero attached hydrogens (tertiary/aromatic N) is 8. The molecular formula is C22H14F2N8O2S. The van der Waals surface area contributed by atoms with Gasteiger partial charge in [-0.1, -0.05) is 30.3 Å². The van der Waals surface area contributed by atoms with Gasteiger partial charge in [0, 0.05) is 11.8 Å². The Labute approximate surface area is 198 Å². The lowest BCUT2D eigenvalue weighted by molar-refractivity contribution is -0.389. The van der Waals surface area contributed by atoms with Gasteiger partial charge < -0.3 is 10.1 Å². The molecule has 5 heterocycles. The van der Waals surface area contributed by atoms with E-state index in [-0.39, 0.29) is 11.5 Å². The number of aromatic nitrogens is 7. The average molecular weight is 492 g/mol. The van der Waals surface area contributed by atoms with E-state index in [1.165, 1.54) is 45.2 Å². The number of thiophene rings is 1. The maximum atomic E-state index is 13.6. The number of benzene rings is 1. The Kier molecular flexibility index (Phi) is 4.91. The molecule has 13 heteroatoms. The SMILES string of the molecule is O=[N+]([O-])c1ccn(CCc2nc3c4sc5nc(C(F)F)cc(-c6ccccc6)c5c4ncn3n2)n1. The van der Waals surface area contributed by atoms with Crippen molar-refractivity contribution in [3.8, 4) is 11.1 Å². The number of aryl methyl sites for hydroxylation is 2. The van der Waals surface area contributed by atoms with Crippen molar-refractivity contribution >= 4 is 43.2 Å². The van der Waals surface area contributed by atoms with E-state index in [1.807, 2.05) is 30.3 Å². The number of halogens is 2. The van der Waals surface area contributed by atoms with E-state index in [9.17, 15) is 18.9 Å². The van der Waals surface area contributed by atoms with Gasteiger partial charge in [-0.05, 0) is 22.1 Å². The third-order valence-electron chi connectivity index (χ3n) is 5.52. The lowest BCUT2D eigenvalue weighted by Gasteiger charge is -2.07. The average Bonchev–Trinajstić information content (AvgIpc) is 3.58. The molecule has 1 aromatic carbocycles. The lowest BCUT2D eigenvalue weighted by Crippen LogP contribution is -2.04. The van der Waals surface area contributed by atoms with Crippen LogP contribution in [0, 0.1) is 10.1 Å². The summed E-state index contributed by atoms with van der Waals surface area (Å²) in [7, 11) is 0. The first-order valence-corrected chi connectivity index (χ1v) is 11.3. The summed E-state index contributed by atoms with van der Waals surface area (Å²) in [5, 5.41) is 19.9. The second-order valence-electron chi connectivity index (χ2n) is 7.71. The van der Waals surface area contributed by atoms with Crippen LogP contribution >= 0.6 is 11.3 Å². The molecule has 0 saturated carbocycles. The van der Waals surface area contributed by atoms with Gasteiger partial charge >= 0.3 is 5.82 Å². The zero-order valence-electron chi connectivity index (χ0n) is 17.7. The Morgan fingerprint density at radius 2 is 1.94 bits per heavy atom.